The molecule has 0 spiro atoms. The summed E-state index contributed by atoms with van der Waals surface area (Å²) < 4.78 is 0. The maximum absolute atomic E-state index is 10.9. The maximum atomic E-state index is 10.9. The highest BCUT2D eigenvalue weighted by Gasteiger charge is 2.40. The molecule has 0 aromatic rings. The number of piperazine rings is 1. The van der Waals surface area contributed by atoms with Crippen molar-refractivity contribution in [2.75, 3.05) is 19.6 Å². The molecule has 1 aliphatic heterocycles. The zero-order valence-corrected chi connectivity index (χ0v) is 8.30. The van der Waals surface area contributed by atoms with E-state index in [-0.39, 0.29) is 0 Å². The number of carboxylic acids is 1. The molecule has 0 radical (unpaired) electrons. The number of rotatable bonds is 2. The fourth-order valence-corrected chi connectivity index (χ4v) is 2.02. The molecule has 2 aliphatic rings. The molecule has 0 aromatic carbocycles. The molecule has 0 aromatic heterocycles. The lowest BCUT2D eigenvalue weighted by Gasteiger charge is -2.37. The minimum atomic E-state index is -1.14. The van der Waals surface area contributed by atoms with Gasteiger partial charge in [0.1, 0.15) is 6.04 Å². The van der Waals surface area contributed by atoms with Gasteiger partial charge in [-0.15, -0.1) is 0 Å². The fraction of sp³-hybridized carbons (Fsp3) is 0.778. The molecule has 15 heavy (non-hydrogen) atoms. The number of hydrogen-bond donors (Lipinski definition) is 2. The molecule has 6 nitrogen and oxygen atoms in total. The average molecular weight is 214 g/mol. The first-order chi connectivity index (χ1) is 7.09. The highest BCUT2D eigenvalue weighted by molar-refractivity contribution is 5.79. The van der Waals surface area contributed by atoms with Crippen LogP contribution in [0.3, 0.4) is 0 Å². The smallest absolute Gasteiger partial charge is 0.408 e. The van der Waals surface area contributed by atoms with Gasteiger partial charge in [-0.25, -0.2) is 9.59 Å². The van der Waals surface area contributed by atoms with Crippen molar-refractivity contribution in [3.63, 3.8) is 0 Å². The largest absolute Gasteiger partial charge is 0.480 e. The summed E-state index contributed by atoms with van der Waals surface area (Å²) in [5, 5.41) is 17.8. The van der Waals surface area contributed by atoms with Crippen LogP contribution in [0.15, 0.2) is 0 Å². The molecule has 1 amide bonds. The van der Waals surface area contributed by atoms with Crippen molar-refractivity contribution in [2.24, 2.45) is 0 Å². The number of carboxylic acid groups (broad SMARTS) is 2. The van der Waals surface area contributed by atoms with Crippen LogP contribution in [-0.2, 0) is 4.79 Å². The van der Waals surface area contributed by atoms with Crippen molar-refractivity contribution in [3.8, 4) is 0 Å². The molecule has 2 N–H and O–H groups in total. The van der Waals surface area contributed by atoms with Gasteiger partial charge >= 0.3 is 12.1 Å². The zero-order chi connectivity index (χ0) is 11.0. The Bertz CT molecular complexity index is 290. The SMILES string of the molecule is O=C(O)C1CN(C2CC2)CCN1C(=O)O. The molecule has 1 aliphatic carbocycles. The Kier molecular flexibility index (Phi) is 2.52. The van der Waals surface area contributed by atoms with E-state index < -0.39 is 18.1 Å². The van der Waals surface area contributed by atoms with Crippen molar-refractivity contribution in [2.45, 2.75) is 24.9 Å². The Balaban J connectivity index is 2.04. The third-order valence-electron chi connectivity index (χ3n) is 3.01. The van der Waals surface area contributed by atoms with Crippen molar-refractivity contribution in [1.29, 1.82) is 0 Å². The van der Waals surface area contributed by atoms with Gasteiger partial charge in [0.2, 0.25) is 0 Å². The first kappa shape index (κ1) is 10.2. The Morgan fingerprint density at radius 3 is 2.27 bits per heavy atom. The van der Waals surface area contributed by atoms with Crippen LogP contribution in [-0.4, -0.2) is 63.8 Å². The van der Waals surface area contributed by atoms with E-state index >= 15 is 0 Å². The summed E-state index contributed by atoms with van der Waals surface area (Å²) in [7, 11) is 0. The second-order valence-corrected chi connectivity index (χ2v) is 4.06. The summed E-state index contributed by atoms with van der Waals surface area (Å²) in [5.41, 5.74) is 0. The molecule has 0 bridgehead atoms. The molecule has 6 heteroatoms. The number of nitrogens with zero attached hydrogens (tertiary/aromatic N) is 2. The van der Waals surface area contributed by atoms with Gasteiger partial charge in [0, 0.05) is 25.7 Å². The second kappa shape index (κ2) is 3.69. The van der Waals surface area contributed by atoms with Crippen LogP contribution in [0, 0.1) is 0 Å². The Hall–Kier alpha value is -1.30. The van der Waals surface area contributed by atoms with E-state index in [2.05, 4.69) is 4.90 Å². The van der Waals surface area contributed by atoms with E-state index in [1.807, 2.05) is 0 Å². The van der Waals surface area contributed by atoms with Crippen LogP contribution in [0.4, 0.5) is 4.79 Å². The van der Waals surface area contributed by atoms with Crippen molar-refractivity contribution >= 4 is 12.1 Å². The first-order valence-electron chi connectivity index (χ1n) is 5.06. The number of carbonyl (C=O) groups is 2. The predicted octanol–water partition coefficient (Wildman–Crippen LogP) is -0.102. The summed E-state index contributed by atoms with van der Waals surface area (Å²) in [6.45, 7) is 1.27. The minimum absolute atomic E-state index is 0.294. The van der Waals surface area contributed by atoms with E-state index in [1.165, 1.54) is 0 Å². The second-order valence-electron chi connectivity index (χ2n) is 4.06. The number of amides is 1. The summed E-state index contributed by atoms with van der Waals surface area (Å²) in [6.07, 6.45) is 1.08. The Morgan fingerprint density at radius 2 is 1.80 bits per heavy atom. The fourth-order valence-electron chi connectivity index (χ4n) is 2.02. The average Bonchev–Trinajstić information content (AvgIpc) is 2.99. The standard InChI is InChI=1S/C9H14N2O4/c12-8(13)7-5-10(6-1-2-6)3-4-11(7)9(14)15/h6-7H,1-5H2,(H,12,13)(H,14,15). The summed E-state index contributed by atoms with van der Waals surface area (Å²) in [4.78, 5) is 24.8. The lowest BCUT2D eigenvalue weighted by atomic mass is 10.2. The van der Waals surface area contributed by atoms with Crippen molar-refractivity contribution in [1.82, 2.24) is 9.80 Å². The van der Waals surface area contributed by atoms with Gasteiger partial charge in [-0.05, 0) is 12.8 Å². The molecular weight excluding hydrogens is 200 g/mol. The lowest BCUT2D eigenvalue weighted by Crippen LogP contribution is -2.58. The number of aliphatic carboxylic acids is 1. The van der Waals surface area contributed by atoms with Crippen LogP contribution in [0.1, 0.15) is 12.8 Å². The van der Waals surface area contributed by atoms with Gasteiger partial charge in [-0.2, -0.15) is 0 Å². The van der Waals surface area contributed by atoms with E-state index in [9.17, 15) is 9.59 Å². The van der Waals surface area contributed by atoms with Crippen LogP contribution in [0.25, 0.3) is 0 Å². The van der Waals surface area contributed by atoms with Gasteiger partial charge in [0.05, 0.1) is 0 Å². The molecule has 1 atom stereocenters. The van der Waals surface area contributed by atoms with Crippen LogP contribution >= 0.6 is 0 Å². The van der Waals surface area contributed by atoms with Gasteiger partial charge in [0.15, 0.2) is 0 Å². The van der Waals surface area contributed by atoms with Gasteiger partial charge in [0.25, 0.3) is 0 Å². The Labute approximate surface area is 87.1 Å². The molecule has 2 fully saturated rings. The molecular formula is C9H14N2O4. The summed E-state index contributed by atoms with van der Waals surface area (Å²) >= 11 is 0. The van der Waals surface area contributed by atoms with Crippen LogP contribution in [0.5, 0.6) is 0 Å². The highest BCUT2D eigenvalue weighted by Crippen LogP contribution is 2.28. The molecule has 2 rings (SSSR count). The normalized spacial score (nSPS) is 27.7. The van der Waals surface area contributed by atoms with Gasteiger partial charge in [-0.1, -0.05) is 0 Å². The minimum Gasteiger partial charge on any atom is -0.480 e. The first-order valence-corrected chi connectivity index (χ1v) is 5.06. The van der Waals surface area contributed by atoms with E-state index in [0.717, 1.165) is 17.7 Å². The van der Waals surface area contributed by atoms with E-state index in [0.29, 0.717) is 25.7 Å². The van der Waals surface area contributed by atoms with E-state index in [1.54, 1.807) is 0 Å². The zero-order valence-electron chi connectivity index (χ0n) is 8.30. The van der Waals surface area contributed by atoms with Crippen LogP contribution < -0.4 is 0 Å². The molecule has 1 unspecified atom stereocenters. The summed E-state index contributed by atoms with van der Waals surface area (Å²) in [5.74, 6) is -1.05. The molecule has 1 saturated carbocycles. The van der Waals surface area contributed by atoms with E-state index in [4.69, 9.17) is 10.2 Å². The monoisotopic (exact) mass is 214 g/mol. The van der Waals surface area contributed by atoms with Gasteiger partial charge in [-0.3, -0.25) is 9.80 Å². The van der Waals surface area contributed by atoms with Crippen molar-refractivity contribution < 1.29 is 19.8 Å². The quantitative estimate of drug-likeness (QED) is 0.670. The molecule has 1 heterocycles. The molecule has 1 saturated heterocycles. The predicted molar refractivity (Wildman–Crippen MR) is 50.7 cm³/mol. The third kappa shape index (κ3) is 2.04. The molecule has 84 valence electrons. The third-order valence-corrected chi connectivity index (χ3v) is 3.01. The Morgan fingerprint density at radius 1 is 1.13 bits per heavy atom. The lowest BCUT2D eigenvalue weighted by molar-refractivity contribution is -0.144. The van der Waals surface area contributed by atoms with Crippen LogP contribution in [0.2, 0.25) is 0 Å². The number of hydrogen-bond acceptors (Lipinski definition) is 3. The maximum Gasteiger partial charge on any atom is 0.408 e. The topological polar surface area (TPSA) is 81.1 Å². The highest BCUT2D eigenvalue weighted by atomic mass is 16.4. The van der Waals surface area contributed by atoms with Crippen molar-refractivity contribution in [3.05, 3.63) is 0 Å². The summed E-state index contributed by atoms with van der Waals surface area (Å²) in [6, 6.07) is -0.417. The van der Waals surface area contributed by atoms with Gasteiger partial charge < -0.3 is 10.2 Å².